The fourth-order valence-corrected chi connectivity index (χ4v) is 4.85. The van der Waals surface area contributed by atoms with E-state index in [4.69, 9.17) is 4.98 Å². The number of hydrogen-bond donors (Lipinski definition) is 1. The fraction of sp³-hybridized carbons (Fsp3) is 0.476. The molecule has 0 saturated carbocycles. The number of benzene rings is 1. The molecule has 0 aliphatic rings. The van der Waals surface area contributed by atoms with Crippen LogP contribution in [0.15, 0.2) is 16.9 Å². The number of hydrogen-bond acceptors (Lipinski definition) is 6. The first-order valence-corrected chi connectivity index (χ1v) is 11.5. The van der Waals surface area contributed by atoms with Gasteiger partial charge in [-0.05, 0) is 60.1 Å². The van der Waals surface area contributed by atoms with Crippen LogP contribution in [0.4, 0.5) is 0 Å². The molecule has 3 aromatic rings. The standard InChI is InChI=1S/C21H28N4O2S2/c1-11-9-15(12(2)24-29(27)21(5,6)7)18-16(10-11)20(26)25(8)19(23-18)17-13(3)28-14(4)22-17/h9-10,12,24H,1-8H3/t12-,29-/m1/s1. The minimum Gasteiger partial charge on any atom is -0.598 e. The van der Waals surface area contributed by atoms with Crippen molar-refractivity contribution in [3.05, 3.63) is 43.5 Å². The maximum atomic E-state index is 13.2. The van der Waals surface area contributed by atoms with Gasteiger partial charge < -0.3 is 4.55 Å². The molecule has 0 bridgehead atoms. The van der Waals surface area contributed by atoms with Crippen molar-refractivity contribution in [2.45, 2.75) is 59.3 Å². The summed E-state index contributed by atoms with van der Waals surface area (Å²) in [5, 5.41) is 1.50. The Hall–Kier alpha value is -1.74. The summed E-state index contributed by atoms with van der Waals surface area (Å²) < 4.78 is 17.0. The van der Waals surface area contributed by atoms with Gasteiger partial charge in [-0.3, -0.25) is 9.36 Å². The molecule has 0 radical (unpaired) electrons. The molecule has 0 amide bonds. The summed E-state index contributed by atoms with van der Waals surface area (Å²) in [6.45, 7) is 13.6. The zero-order chi connectivity index (χ0) is 21.7. The summed E-state index contributed by atoms with van der Waals surface area (Å²) in [7, 11) is 1.73. The van der Waals surface area contributed by atoms with Gasteiger partial charge in [0.2, 0.25) is 0 Å². The summed E-state index contributed by atoms with van der Waals surface area (Å²) in [6, 6.07) is 3.64. The third-order valence-electron chi connectivity index (χ3n) is 4.78. The van der Waals surface area contributed by atoms with E-state index < -0.39 is 16.1 Å². The molecule has 1 N–H and O–H groups in total. The summed E-state index contributed by atoms with van der Waals surface area (Å²) in [4.78, 5) is 23.7. The highest BCUT2D eigenvalue weighted by Gasteiger charge is 2.29. The van der Waals surface area contributed by atoms with Gasteiger partial charge in [-0.15, -0.1) is 16.1 Å². The largest absolute Gasteiger partial charge is 0.598 e. The van der Waals surface area contributed by atoms with Gasteiger partial charge >= 0.3 is 0 Å². The molecular weight excluding hydrogens is 404 g/mol. The maximum absolute atomic E-state index is 13.2. The Balaban J connectivity index is 2.23. The molecule has 0 spiro atoms. The second-order valence-corrected chi connectivity index (χ2v) is 11.8. The van der Waals surface area contributed by atoms with Gasteiger partial charge in [0.1, 0.15) is 10.4 Å². The van der Waals surface area contributed by atoms with Crippen LogP contribution in [0.5, 0.6) is 0 Å². The van der Waals surface area contributed by atoms with E-state index in [1.807, 2.05) is 60.6 Å². The molecule has 0 unspecified atom stereocenters. The monoisotopic (exact) mass is 432 g/mol. The van der Waals surface area contributed by atoms with Crippen molar-refractivity contribution >= 4 is 33.6 Å². The lowest BCUT2D eigenvalue weighted by Crippen LogP contribution is -2.40. The Morgan fingerprint density at radius 1 is 1.21 bits per heavy atom. The molecular formula is C21H28N4O2S2. The van der Waals surface area contributed by atoms with Crippen LogP contribution in [-0.2, 0) is 18.4 Å². The Labute approximate surface area is 178 Å². The Morgan fingerprint density at radius 2 is 1.86 bits per heavy atom. The molecule has 2 aromatic heterocycles. The van der Waals surface area contributed by atoms with E-state index in [-0.39, 0.29) is 11.6 Å². The maximum Gasteiger partial charge on any atom is 0.261 e. The van der Waals surface area contributed by atoms with Crippen LogP contribution < -0.4 is 10.3 Å². The summed E-state index contributed by atoms with van der Waals surface area (Å²) >= 11 is 0.348. The molecule has 0 fully saturated rings. The zero-order valence-corrected chi connectivity index (χ0v) is 19.8. The van der Waals surface area contributed by atoms with Crippen molar-refractivity contribution in [1.82, 2.24) is 19.3 Å². The first-order valence-electron chi connectivity index (χ1n) is 9.54. The normalized spacial score (nSPS) is 14.4. The number of nitrogens with zero attached hydrogens (tertiary/aromatic N) is 3. The van der Waals surface area contributed by atoms with Crippen LogP contribution in [0.1, 0.15) is 54.7 Å². The van der Waals surface area contributed by atoms with E-state index in [0.717, 1.165) is 26.7 Å². The third kappa shape index (κ3) is 4.26. The van der Waals surface area contributed by atoms with E-state index in [9.17, 15) is 9.35 Å². The van der Waals surface area contributed by atoms with E-state index in [2.05, 4.69) is 9.71 Å². The summed E-state index contributed by atoms with van der Waals surface area (Å²) in [5.74, 6) is 0.554. The number of aryl methyl sites for hydroxylation is 3. The highest BCUT2D eigenvalue weighted by molar-refractivity contribution is 7.90. The van der Waals surface area contributed by atoms with Crippen LogP contribution in [-0.4, -0.2) is 23.8 Å². The van der Waals surface area contributed by atoms with Gasteiger partial charge in [-0.1, -0.05) is 6.07 Å². The molecule has 8 heteroatoms. The van der Waals surface area contributed by atoms with Crippen LogP contribution in [0.2, 0.25) is 0 Å². The average molecular weight is 433 g/mol. The molecule has 156 valence electrons. The molecule has 0 saturated heterocycles. The average Bonchev–Trinajstić information content (AvgIpc) is 2.95. The first kappa shape index (κ1) is 22.0. The number of fused-ring (bicyclic) bond motifs is 1. The molecule has 6 nitrogen and oxygen atoms in total. The van der Waals surface area contributed by atoms with Crippen LogP contribution in [0.3, 0.4) is 0 Å². The smallest absolute Gasteiger partial charge is 0.261 e. The van der Waals surface area contributed by atoms with E-state index in [1.54, 1.807) is 23.0 Å². The molecule has 0 aliphatic heterocycles. The minimum atomic E-state index is -1.24. The van der Waals surface area contributed by atoms with Crippen molar-refractivity contribution in [2.24, 2.45) is 7.05 Å². The van der Waals surface area contributed by atoms with Crippen molar-refractivity contribution < 1.29 is 4.55 Å². The molecule has 0 aliphatic carbocycles. The van der Waals surface area contributed by atoms with Crippen molar-refractivity contribution in [2.75, 3.05) is 0 Å². The summed E-state index contributed by atoms with van der Waals surface area (Å²) in [5.41, 5.74) is 3.09. The summed E-state index contributed by atoms with van der Waals surface area (Å²) in [6.07, 6.45) is 0. The van der Waals surface area contributed by atoms with Crippen molar-refractivity contribution in [3.63, 3.8) is 0 Å². The SMILES string of the molecule is Cc1cc([C@@H](C)N[S@+]([O-])C(C)(C)C)c2nc(-c3nc(C)sc3C)n(C)c(=O)c2c1. The van der Waals surface area contributed by atoms with Crippen molar-refractivity contribution in [3.8, 4) is 11.5 Å². The van der Waals surface area contributed by atoms with Gasteiger partial charge in [0.15, 0.2) is 5.82 Å². The number of nitrogens with one attached hydrogen (secondary N) is 1. The highest BCUT2D eigenvalue weighted by atomic mass is 32.2. The van der Waals surface area contributed by atoms with Crippen molar-refractivity contribution in [1.29, 1.82) is 0 Å². The van der Waals surface area contributed by atoms with Gasteiger partial charge in [-0.25, -0.2) is 9.97 Å². The quantitative estimate of drug-likeness (QED) is 0.628. The van der Waals surface area contributed by atoms with Gasteiger partial charge in [0, 0.05) is 28.9 Å². The van der Waals surface area contributed by atoms with Gasteiger partial charge in [-0.2, -0.15) is 0 Å². The third-order valence-corrected chi connectivity index (χ3v) is 7.34. The second-order valence-electron chi connectivity index (χ2n) is 8.41. The van der Waals surface area contributed by atoms with E-state index in [0.29, 0.717) is 16.7 Å². The number of thiazole rings is 1. The van der Waals surface area contributed by atoms with E-state index >= 15 is 0 Å². The lowest BCUT2D eigenvalue weighted by atomic mass is 10.0. The van der Waals surface area contributed by atoms with Gasteiger partial charge in [0.25, 0.3) is 5.56 Å². The molecule has 2 heterocycles. The Kier molecular flexibility index (Phi) is 5.93. The first-order chi connectivity index (χ1) is 13.4. The molecule has 3 rings (SSSR count). The predicted molar refractivity (Wildman–Crippen MR) is 122 cm³/mol. The Morgan fingerprint density at radius 3 is 2.41 bits per heavy atom. The lowest BCUT2D eigenvalue weighted by Gasteiger charge is -2.27. The zero-order valence-electron chi connectivity index (χ0n) is 18.2. The van der Waals surface area contributed by atoms with Crippen LogP contribution >= 0.6 is 11.3 Å². The fourth-order valence-electron chi connectivity index (χ4n) is 3.23. The predicted octanol–water partition coefficient (Wildman–Crippen LogP) is 4.10. The topological polar surface area (TPSA) is 82.9 Å². The molecule has 1 aromatic carbocycles. The highest BCUT2D eigenvalue weighted by Crippen LogP contribution is 2.29. The lowest BCUT2D eigenvalue weighted by molar-refractivity contribution is 0.531. The number of rotatable bonds is 4. The van der Waals surface area contributed by atoms with Crippen LogP contribution in [0, 0.1) is 20.8 Å². The van der Waals surface area contributed by atoms with E-state index in [1.165, 1.54) is 0 Å². The minimum absolute atomic E-state index is 0.107. The van der Waals surface area contributed by atoms with Crippen LogP contribution in [0.25, 0.3) is 22.4 Å². The molecule has 29 heavy (non-hydrogen) atoms. The van der Waals surface area contributed by atoms with Gasteiger partial charge in [0.05, 0.1) is 22.0 Å². The number of aromatic nitrogens is 3. The second kappa shape index (κ2) is 7.83. The Bertz CT molecular complexity index is 1130. The molecule has 2 atom stereocenters.